The highest BCUT2D eigenvalue weighted by Crippen LogP contribution is 2.19. The number of carboxylic acids is 1. The summed E-state index contributed by atoms with van der Waals surface area (Å²) >= 11 is 0. The lowest BCUT2D eigenvalue weighted by molar-refractivity contribution is -0.142. The van der Waals surface area contributed by atoms with Gasteiger partial charge in [-0.1, -0.05) is 32.0 Å². The van der Waals surface area contributed by atoms with Crippen molar-refractivity contribution in [2.45, 2.75) is 83.0 Å². The van der Waals surface area contributed by atoms with Crippen LogP contribution in [0.2, 0.25) is 0 Å². The topological polar surface area (TPSA) is 236 Å². The molecule has 13 heteroatoms. The highest BCUT2D eigenvalue weighted by atomic mass is 16.4. The van der Waals surface area contributed by atoms with Crippen molar-refractivity contribution in [3.63, 3.8) is 0 Å². The summed E-state index contributed by atoms with van der Waals surface area (Å²) in [6, 6.07) is 2.91. The molecular weight excluding hydrogens is 530 g/mol. The summed E-state index contributed by atoms with van der Waals surface area (Å²) in [7, 11) is 0. The second kappa shape index (κ2) is 16.3. The zero-order chi connectivity index (χ0) is 30.5. The molecule has 0 spiro atoms. The maximum absolute atomic E-state index is 13.3. The van der Waals surface area contributed by atoms with E-state index in [1.807, 2.05) is 38.1 Å². The lowest BCUT2D eigenvalue weighted by Crippen LogP contribution is -2.57. The number of fused-ring (bicyclic) bond motifs is 1. The number of benzene rings is 1. The van der Waals surface area contributed by atoms with Gasteiger partial charge in [0.1, 0.15) is 18.1 Å². The molecular formula is C28H43N7O6. The zero-order valence-electron chi connectivity index (χ0n) is 23.7. The van der Waals surface area contributed by atoms with E-state index in [4.69, 9.17) is 17.2 Å². The number of hydrogen-bond donors (Lipinski definition) is 8. The molecule has 4 amide bonds. The monoisotopic (exact) mass is 573 g/mol. The molecule has 0 bridgehead atoms. The molecule has 11 N–H and O–H groups in total. The third kappa shape index (κ3) is 10.8. The smallest absolute Gasteiger partial charge is 0.326 e. The van der Waals surface area contributed by atoms with Gasteiger partial charge in [-0.25, -0.2) is 4.79 Å². The van der Waals surface area contributed by atoms with E-state index >= 15 is 0 Å². The van der Waals surface area contributed by atoms with Crippen LogP contribution in [0.4, 0.5) is 0 Å². The van der Waals surface area contributed by atoms with E-state index in [9.17, 15) is 29.1 Å². The van der Waals surface area contributed by atoms with Crippen LogP contribution in [0.1, 0.15) is 57.9 Å². The van der Waals surface area contributed by atoms with Crippen molar-refractivity contribution >= 4 is 40.5 Å². The van der Waals surface area contributed by atoms with Gasteiger partial charge in [-0.2, -0.15) is 0 Å². The Labute approximate surface area is 239 Å². The lowest BCUT2D eigenvalue weighted by atomic mass is 10.0. The summed E-state index contributed by atoms with van der Waals surface area (Å²) in [5.74, 6) is -3.77. The molecule has 4 atom stereocenters. The van der Waals surface area contributed by atoms with Crippen LogP contribution in [0, 0.1) is 5.92 Å². The fraction of sp³-hybridized carbons (Fsp3) is 0.536. The molecule has 13 nitrogen and oxygen atoms in total. The van der Waals surface area contributed by atoms with Gasteiger partial charge in [0.05, 0.1) is 6.04 Å². The molecule has 0 saturated carbocycles. The molecule has 0 saturated heterocycles. The van der Waals surface area contributed by atoms with Crippen LogP contribution < -0.4 is 33.2 Å². The molecule has 0 fully saturated rings. The molecule has 2 rings (SSSR count). The fourth-order valence-corrected chi connectivity index (χ4v) is 4.48. The van der Waals surface area contributed by atoms with E-state index in [1.54, 1.807) is 6.20 Å². The van der Waals surface area contributed by atoms with Crippen LogP contribution in [0.5, 0.6) is 0 Å². The minimum Gasteiger partial charge on any atom is -0.480 e. The van der Waals surface area contributed by atoms with Gasteiger partial charge in [-0.15, -0.1) is 0 Å². The van der Waals surface area contributed by atoms with E-state index < -0.39 is 53.8 Å². The van der Waals surface area contributed by atoms with E-state index in [2.05, 4.69) is 20.9 Å². The number of aromatic nitrogens is 1. The SMILES string of the molecule is CC(C)CC(N)C(=O)NC(CCCCN)C(=O)NC(CCC(N)=O)C(=O)NC(Cc1c[nH]c2ccccc12)C(=O)O. The molecule has 1 aromatic carbocycles. The van der Waals surface area contributed by atoms with Crippen LogP contribution in [0.25, 0.3) is 10.9 Å². The van der Waals surface area contributed by atoms with Crippen molar-refractivity contribution in [3.05, 3.63) is 36.0 Å². The van der Waals surface area contributed by atoms with Gasteiger partial charge in [-0.3, -0.25) is 19.2 Å². The highest BCUT2D eigenvalue weighted by Gasteiger charge is 2.31. The Hall–Kier alpha value is -3.97. The van der Waals surface area contributed by atoms with Crippen molar-refractivity contribution < 1.29 is 29.1 Å². The van der Waals surface area contributed by atoms with E-state index in [0.29, 0.717) is 31.4 Å². The van der Waals surface area contributed by atoms with Gasteiger partial charge >= 0.3 is 5.97 Å². The number of para-hydroxylation sites is 1. The number of carbonyl (C=O) groups excluding carboxylic acids is 4. The molecule has 41 heavy (non-hydrogen) atoms. The Morgan fingerprint density at radius 2 is 1.51 bits per heavy atom. The molecule has 0 aliphatic heterocycles. The van der Waals surface area contributed by atoms with Crippen molar-refractivity contribution in [1.29, 1.82) is 0 Å². The van der Waals surface area contributed by atoms with Crippen LogP contribution in [-0.2, 0) is 30.4 Å². The third-order valence-electron chi connectivity index (χ3n) is 6.67. The first-order chi connectivity index (χ1) is 19.4. The first kappa shape index (κ1) is 33.2. The standard InChI is InChI=1S/C28H43N7O6/c1-16(2)13-19(30)25(37)33-21(9-5-6-12-29)26(38)34-22(10-11-24(31)36)27(39)35-23(28(40)41)14-17-15-32-20-8-4-3-7-18(17)20/h3-4,7-8,15-16,19,21-23,32H,5-6,9-14,29-30H2,1-2H3,(H2,31,36)(H,33,37)(H,34,38)(H,35,39)(H,40,41). The van der Waals surface area contributed by atoms with E-state index in [1.165, 1.54) is 0 Å². The zero-order valence-corrected chi connectivity index (χ0v) is 23.7. The Kier molecular flexibility index (Phi) is 13.2. The fourth-order valence-electron chi connectivity index (χ4n) is 4.48. The largest absolute Gasteiger partial charge is 0.480 e. The molecule has 0 radical (unpaired) electrons. The number of aliphatic carboxylic acids is 1. The Morgan fingerprint density at radius 1 is 0.902 bits per heavy atom. The number of carbonyl (C=O) groups is 5. The van der Waals surface area contributed by atoms with Gasteiger partial charge in [-0.05, 0) is 56.2 Å². The third-order valence-corrected chi connectivity index (χ3v) is 6.67. The summed E-state index contributed by atoms with van der Waals surface area (Å²) in [5.41, 5.74) is 18.4. The minimum absolute atomic E-state index is 0.0208. The number of nitrogens with one attached hydrogen (secondary N) is 4. The number of aromatic amines is 1. The number of hydrogen-bond acceptors (Lipinski definition) is 7. The molecule has 1 aromatic heterocycles. The van der Waals surface area contributed by atoms with Gasteiger partial charge in [0.15, 0.2) is 0 Å². The average Bonchev–Trinajstić information content (AvgIpc) is 3.32. The summed E-state index contributed by atoms with van der Waals surface area (Å²) in [4.78, 5) is 65.9. The highest BCUT2D eigenvalue weighted by molar-refractivity contribution is 5.94. The van der Waals surface area contributed by atoms with Crippen LogP contribution >= 0.6 is 0 Å². The van der Waals surface area contributed by atoms with Gasteiger partial charge in [0.2, 0.25) is 23.6 Å². The first-order valence-corrected chi connectivity index (χ1v) is 13.9. The number of rotatable bonds is 18. The predicted molar refractivity (Wildman–Crippen MR) is 154 cm³/mol. The van der Waals surface area contributed by atoms with Gasteiger partial charge in [0.25, 0.3) is 0 Å². The molecule has 1 heterocycles. The van der Waals surface area contributed by atoms with E-state index in [-0.39, 0.29) is 31.6 Å². The van der Waals surface area contributed by atoms with Gasteiger partial charge in [0, 0.05) is 29.9 Å². The van der Waals surface area contributed by atoms with Crippen molar-refractivity contribution in [3.8, 4) is 0 Å². The Morgan fingerprint density at radius 3 is 2.12 bits per heavy atom. The number of primary amides is 1. The second-order valence-electron chi connectivity index (χ2n) is 10.6. The molecule has 4 unspecified atom stereocenters. The first-order valence-electron chi connectivity index (χ1n) is 13.9. The quantitative estimate of drug-likeness (QED) is 0.113. The maximum atomic E-state index is 13.3. The Balaban J connectivity index is 2.19. The molecule has 0 aliphatic carbocycles. The van der Waals surface area contributed by atoms with Crippen LogP contribution in [0.3, 0.4) is 0 Å². The van der Waals surface area contributed by atoms with Gasteiger partial charge < -0.3 is 43.2 Å². The normalized spacial score (nSPS) is 14.2. The molecule has 0 aliphatic rings. The lowest BCUT2D eigenvalue weighted by Gasteiger charge is -2.25. The number of carboxylic acid groups (broad SMARTS) is 1. The molecule has 2 aromatic rings. The number of unbranched alkanes of at least 4 members (excludes halogenated alkanes) is 1. The summed E-state index contributed by atoms with van der Waals surface area (Å²) in [5, 5.41) is 18.4. The van der Waals surface area contributed by atoms with Crippen molar-refractivity contribution in [1.82, 2.24) is 20.9 Å². The van der Waals surface area contributed by atoms with Crippen LogP contribution in [-0.4, -0.2) is 70.4 Å². The second-order valence-corrected chi connectivity index (χ2v) is 10.6. The number of nitrogens with two attached hydrogens (primary N) is 3. The summed E-state index contributed by atoms with van der Waals surface area (Å²) < 4.78 is 0. The number of H-pyrrole nitrogens is 1. The minimum atomic E-state index is -1.32. The summed E-state index contributed by atoms with van der Waals surface area (Å²) in [6.07, 6.45) is 3.05. The average molecular weight is 574 g/mol. The maximum Gasteiger partial charge on any atom is 0.326 e. The van der Waals surface area contributed by atoms with Crippen LogP contribution in [0.15, 0.2) is 30.5 Å². The van der Waals surface area contributed by atoms with Crippen molar-refractivity contribution in [2.24, 2.45) is 23.1 Å². The number of amides is 4. The van der Waals surface area contributed by atoms with Crippen molar-refractivity contribution in [2.75, 3.05) is 6.54 Å². The summed E-state index contributed by atoms with van der Waals surface area (Å²) in [6.45, 7) is 4.23. The predicted octanol–water partition coefficient (Wildman–Crippen LogP) is 0.0173. The Bertz CT molecular complexity index is 1200. The van der Waals surface area contributed by atoms with E-state index in [0.717, 1.165) is 10.9 Å². The molecule has 226 valence electrons.